The lowest BCUT2D eigenvalue weighted by atomic mass is 10.0. The molecule has 4 nitrogen and oxygen atoms in total. The van der Waals surface area contributed by atoms with E-state index >= 15 is 0 Å². The molecule has 1 fully saturated rings. The van der Waals surface area contributed by atoms with Crippen molar-refractivity contribution in [2.24, 2.45) is 0 Å². The van der Waals surface area contributed by atoms with Gasteiger partial charge in [-0.2, -0.15) is 0 Å². The summed E-state index contributed by atoms with van der Waals surface area (Å²) in [6.07, 6.45) is 0. The lowest BCUT2D eigenvalue weighted by Gasteiger charge is -2.41. The van der Waals surface area contributed by atoms with Gasteiger partial charge in [0.05, 0.1) is 24.4 Å². The highest BCUT2D eigenvalue weighted by molar-refractivity contribution is 7.07. The SMILES string of the molecule is CC(NCC(C)(C)N1CCOCC1)c1cscn1. The molecule has 2 rings (SSSR count). The summed E-state index contributed by atoms with van der Waals surface area (Å²) in [7, 11) is 0. The van der Waals surface area contributed by atoms with Crippen LogP contribution in [0.25, 0.3) is 0 Å². The molecule has 0 aromatic carbocycles. The first-order chi connectivity index (χ1) is 8.59. The van der Waals surface area contributed by atoms with Crippen LogP contribution in [0.1, 0.15) is 32.5 Å². The van der Waals surface area contributed by atoms with Crippen LogP contribution in [0.4, 0.5) is 0 Å². The van der Waals surface area contributed by atoms with Gasteiger partial charge in [-0.25, -0.2) is 4.98 Å². The van der Waals surface area contributed by atoms with Crippen LogP contribution in [-0.4, -0.2) is 48.3 Å². The van der Waals surface area contributed by atoms with Crippen molar-refractivity contribution in [3.63, 3.8) is 0 Å². The third-order valence-corrected chi connectivity index (χ3v) is 4.21. The molecule has 1 N–H and O–H groups in total. The second-order valence-corrected chi connectivity index (χ2v) is 6.15. The number of nitrogens with one attached hydrogen (secondary N) is 1. The fourth-order valence-electron chi connectivity index (χ4n) is 2.22. The van der Waals surface area contributed by atoms with Crippen molar-refractivity contribution in [2.75, 3.05) is 32.8 Å². The maximum atomic E-state index is 5.41. The van der Waals surface area contributed by atoms with Gasteiger partial charge >= 0.3 is 0 Å². The van der Waals surface area contributed by atoms with Crippen LogP contribution in [0, 0.1) is 0 Å². The Labute approximate surface area is 113 Å². The van der Waals surface area contributed by atoms with E-state index in [0.717, 1.165) is 38.5 Å². The van der Waals surface area contributed by atoms with E-state index in [9.17, 15) is 0 Å². The Morgan fingerprint density at radius 2 is 2.22 bits per heavy atom. The van der Waals surface area contributed by atoms with Crippen molar-refractivity contribution >= 4 is 11.3 Å². The van der Waals surface area contributed by atoms with Crippen molar-refractivity contribution in [1.29, 1.82) is 0 Å². The van der Waals surface area contributed by atoms with Gasteiger partial charge in [-0.1, -0.05) is 0 Å². The quantitative estimate of drug-likeness (QED) is 0.886. The molecular formula is C13H23N3OS. The summed E-state index contributed by atoms with van der Waals surface area (Å²) >= 11 is 1.65. The number of rotatable bonds is 5. The summed E-state index contributed by atoms with van der Waals surface area (Å²) < 4.78 is 5.41. The Morgan fingerprint density at radius 1 is 1.50 bits per heavy atom. The van der Waals surface area contributed by atoms with Crippen molar-refractivity contribution in [1.82, 2.24) is 15.2 Å². The van der Waals surface area contributed by atoms with E-state index in [1.165, 1.54) is 0 Å². The molecule has 0 radical (unpaired) electrons. The summed E-state index contributed by atoms with van der Waals surface area (Å²) in [6.45, 7) is 11.5. The van der Waals surface area contributed by atoms with E-state index in [-0.39, 0.29) is 5.54 Å². The normalized spacial score (nSPS) is 19.9. The van der Waals surface area contributed by atoms with Gasteiger partial charge in [0.25, 0.3) is 0 Å². The third-order valence-electron chi connectivity index (χ3n) is 3.60. The smallest absolute Gasteiger partial charge is 0.0795 e. The minimum atomic E-state index is 0.161. The van der Waals surface area contributed by atoms with E-state index < -0.39 is 0 Å². The molecular weight excluding hydrogens is 246 g/mol. The van der Waals surface area contributed by atoms with Gasteiger partial charge in [0.1, 0.15) is 0 Å². The first-order valence-electron chi connectivity index (χ1n) is 6.54. The minimum absolute atomic E-state index is 0.161. The number of hydrogen-bond acceptors (Lipinski definition) is 5. The maximum Gasteiger partial charge on any atom is 0.0795 e. The average Bonchev–Trinajstić information content (AvgIpc) is 2.91. The highest BCUT2D eigenvalue weighted by Crippen LogP contribution is 2.18. The van der Waals surface area contributed by atoms with Crippen LogP contribution in [-0.2, 0) is 4.74 Å². The van der Waals surface area contributed by atoms with E-state index in [1.807, 2.05) is 5.51 Å². The van der Waals surface area contributed by atoms with Gasteiger partial charge in [-0.05, 0) is 20.8 Å². The molecule has 1 aromatic heterocycles. The molecule has 0 bridgehead atoms. The van der Waals surface area contributed by atoms with Crippen LogP contribution in [0.2, 0.25) is 0 Å². The molecule has 0 spiro atoms. The molecule has 1 aliphatic heterocycles. The topological polar surface area (TPSA) is 37.4 Å². The molecule has 102 valence electrons. The highest BCUT2D eigenvalue weighted by Gasteiger charge is 2.28. The predicted octanol–water partition coefficient (Wildman–Crippen LogP) is 1.90. The van der Waals surface area contributed by atoms with Crippen molar-refractivity contribution < 1.29 is 4.74 Å². The highest BCUT2D eigenvalue weighted by atomic mass is 32.1. The molecule has 1 saturated heterocycles. The predicted molar refractivity (Wildman–Crippen MR) is 75.0 cm³/mol. The molecule has 1 atom stereocenters. The third kappa shape index (κ3) is 3.51. The summed E-state index contributed by atoms with van der Waals surface area (Å²) in [5.41, 5.74) is 3.19. The molecule has 2 heterocycles. The number of hydrogen-bond donors (Lipinski definition) is 1. The lowest BCUT2D eigenvalue weighted by molar-refractivity contribution is -0.0102. The number of aromatic nitrogens is 1. The average molecular weight is 269 g/mol. The van der Waals surface area contributed by atoms with Crippen LogP contribution < -0.4 is 5.32 Å². The monoisotopic (exact) mass is 269 g/mol. The Kier molecular flexibility index (Phi) is 4.72. The molecule has 0 aliphatic carbocycles. The van der Waals surface area contributed by atoms with Crippen LogP contribution in [0.15, 0.2) is 10.9 Å². The summed E-state index contributed by atoms with van der Waals surface area (Å²) in [4.78, 5) is 6.85. The summed E-state index contributed by atoms with van der Waals surface area (Å²) in [6, 6.07) is 0.316. The second-order valence-electron chi connectivity index (χ2n) is 5.43. The van der Waals surface area contributed by atoms with Crippen molar-refractivity contribution in [3.8, 4) is 0 Å². The second kappa shape index (κ2) is 6.10. The molecule has 5 heteroatoms. The van der Waals surface area contributed by atoms with Gasteiger partial charge in [0.2, 0.25) is 0 Å². The van der Waals surface area contributed by atoms with Gasteiger partial charge < -0.3 is 10.1 Å². The van der Waals surface area contributed by atoms with E-state index in [1.54, 1.807) is 11.3 Å². The standard InChI is InChI=1S/C13H23N3OS/c1-11(12-8-18-10-15-12)14-9-13(2,3)16-4-6-17-7-5-16/h8,10-11,14H,4-7,9H2,1-3H3. The molecule has 18 heavy (non-hydrogen) atoms. The first kappa shape index (κ1) is 13.9. The van der Waals surface area contributed by atoms with E-state index in [0.29, 0.717) is 6.04 Å². The summed E-state index contributed by atoms with van der Waals surface area (Å²) in [5.74, 6) is 0. The summed E-state index contributed by atoms with van der Waals surface area (Å²) in [5, 5.41) is 5.69. The Hall–Kier alpha value is -0.490. The van der Waals surface area contributed by atoms with Crippen LogP contribution in [0.3, 0.4) is 0 Å². The molecule has 1 unspecified atom stereocenters. The fourth-order valence-corrected chi connectivity index (χ4v) is 2.87. The van der Waals surface area contributed by atoms with Gasteiger partial charge in [-0.15, -0.1) is 11.3 Å². The molecule has 1 aromatic rings. The minimum Gasteiger partial charge on any atom is -0.379 e. The molecule has 0 saturated carbocycles. The lowest BCUT2D eigenvalue weighted by Crippen LogP contribution is -2.54. The Morgan fingerprint density at radius 3 is 2.83 bits per heavy atom. The Balaban J connectivity index is 1.84. The van der Waals surface area contributed by atoms with E-state index in [4.69, 9.17) is 4.74 Å². The van der Waals surface area contributed by atoms with E-state index in [2.05, 4.69) is 41.4 Å². The van der Waals surface area contributed by atoms with Gasteiger partial charge in [-0.3, -0.25) is 4.90 Å². The first-order valence-corrected chi connectivity index (χ1v) is 7.48. The molecule has 1 aliphatic rings. The number of ether oxygens (including phenoxy) is 1. The number of thiazole rings is 1. The number of morpholine rings is 1. The van der Waals surface area contributed by atoms with Crippen LogP contribution in [0.5, 0.6) is 0 Å². The number of nitrogens with zero attached hydrogens (tertiary/aromatic N) is 2. The zero-order chi connectivity index (χ0) is 13.0. The zero-order valence-corrected chi connectivity index (χ0v) is 12.3. The van der Waals surface area contributed by atoms with Gasteiger partial charge in [0.15, 0.2) is 0 Å². The van der Waals surface area contributed by atoms with Crippen molar-refractivity contribution in [2.45, 2.75) is 32.4 Å². The zero-order valence-electron chi connectivity index (χ0n) is 11.5. The molecule has 0 amide bonds. The van der Waals surface area contributed by atoms with Crippen molar-refractivity contribution in [3.05, 3.63) is 16.6 Å². The Bertz CT molecular complexity index is 347. The largest absolute Gasteiger partial charge is 0.379 e. The van der Waals surface area contributed by atoms with Crippen LogP contribution >= 0.6 is 11.3 Å². The van der Waals surface area contributed by atoms with Gasteiger partial charge in [0, 0.05) is 36.6 Å². The fraction of sp³-hybridized carbons (Fsp3) is 0.769. The maximum absolute atomic E-state index is 5.41.